The van der Waals surface area contributed by atoms with E-state index in [1.807, 2.05) is 0 Å². The molecule has 1 aliphatic rings. The first kappa shape index (κ1) is 85.3. The molecule has 99 heavy (non-hydrogen) atoms. The Bertz CT molecular complexity index is 3050. The first-order valence-electron chi connectivity index (χ1n) is 32.0. The number of unbranched alkanes of at least 4 members (excludes halogenated alkanes) is 1. The topological polar surface area (TPSA) is 424 Å². The number of benzene rings is 1. The lowest BCUT2D eigenvalue weighted by Crippen LogP contribution is -2.38. The van der Waals surface area contributed by atoms with Gasteiger partial charge in [0.05, 0.1) is 0 Å². The molecule has 1 fully saturated rings. The third-order valence-electron chi connectivity index (χ3n) is 14.1. The smallest absolute Gasteiger partial charge is 0.347 e. The molecule has 1 N–H and O–H groups in total. The molecule has 0 bridgehead atoms. The number of amides is 1. The monoisotopic (exact) mass is 1410 g/mol. The van der Waals surface area contributed by atoms with Crippen molar-refractivity contribution in [2.45, 2.75) is 247 Å². The number of esters is 15. The number of allylic oxidation sites excluding steroid dienone is 2. The highest BCUT2D eigenvalue weighted by molar-refractivity contribution is 5.88. The van der Waals surface area contributed by atoms with Crippen molar-refractivity contribution in [2.24, 2.45) is 11.8 Å². The summed E-state index contributed by atoms with van der Waals surface area (Å²) in [4.78, 5) is 204. The van der Waals surface area contributed by atoms with E-state index >= 15 is 0 Å². The minimum absolute atomic E-state index is 0.0361. The van der Waals surface area contributed by atoms with Gasteiger partial charge in [-0.15, -0.1) is 0 Å². The van der Waals surface area contributed by atoms with Crippen LogP contribution < -0.4 is 5.32 Å². The van der Waals surface area contributed by atoms with E-state index in [-0.39, 0.29) is 38.0 Å². The molecular weight excluding hydrogens is 1310 g/mol. The van der Waals surface area contributed by atoms with Crippen molar-refractivity contribution in [1.82, 2.24) is 5.32 Å². The van der Waals surface area contributed by atoms with E-state index in [1.54, 1.807) is 49.4 Å². The summed E-state index contributed by atoms with van der Waals surface area (Å²) in [6.45, 7) is 19.1. The summed E-state index contributed by atoms with van der Waals surface area (Å²) in [5, 5.41) is 2.72. The van der Waals surface area contributed by atoms with Gasteiger partial charge in [0.1, 0.15) is 18.3 Å². The molecule has 1 saturated carbocycles. The molecule has 0 radical (unpaired) electrons. The Morgan fingerprint density at radius 2 is 0.727 bits per heavy atom. The summed E-state index contributed by atoms with van der Waals surface area (Å²) < 4.78 is 78.7. The first-order valence-corrected chi connectivity index (χ1v) is 32.0. The number of nitrogens with one attached hydrogen (secondary N) is 1. The number of hydrogen-bond acceptors (Lipinski definition) is 31. The van der Waals surface area contributed by atoms with Crippen LogP contribution in [0.2, 0.25) is 0 Å². The van der Waals surface area contributed by atoms with Crippen molar-refractivity contribution in [2.75, 3.05) is 6.54 Å². The van der Waals surface area contributed by atoms with Crippen LogP contribution in [0.3, 0.4) is 0 Å². The number of ether oxygens (including phenoxy) is 15. The third kappa shape index (κ3) is 31.5. The third-order valence-corrected chi connectivity index (χ3v) is 14.1. The normalized spacial score (nSPS) is 18.8. The number of rotatable bonds is 39. The standard InChI is InChI=1S/C67H91NO31/c1-17-68-55(72)28-24-19-18-23-27-51-52(32-31-50(30-29-49-25-21-20-22-26-49)97-65(82)43(11)94-62(79)40(8)91-59(76)37(5)88-56(73)34(2)85-46(14)69)54(99-67(84)45(13)96-64(81)42(10)93-61(78)39(7)90-58(75)36(4)87-48(16)71)33-53(51)98-66(83)44(12)95-63(80)41(9)92-60(77)38(6)89-57(74)35(3)86-47(15)70/h18,20-23,25-26,31-32,34-45,50-54H,17,19,24,27-30,33H2,1-16H3,(H,68,72)/b23-18-,32-31+/t34-,35-,36-,37-,38-,39-,40-,41-,42-,43-,44-,45-,50-,51+,52+,53-,54+/m0/s1. The Kier molecular flexibility index (Phi) is 36.9. The Morgan fingerprint density at radius 3 is 1.06 bits per heavy atom. The fourth-order valence-electron chi connectivity index (χ4n) is 8.85. The van der Waals surface area contributed by atoms with Gasteiger partial charge in [-0.2, -0.15) is 0 Å². The van der Waals surface area contributed by atoms with Gasteiger partial charge in [-0.1, -0.05) is 48.6 Å². The molecule has 0 unspecified atom stereocenters. The average Bonchev–Trinajstić information content (AvgIpc) is 1.66. The van der Waals surface area contributed by atoms with Gasteiger partial charge >= 0.3 is 89.5 Å². The van der Waals surface area contributed by atoms with Crippen LogP contribution in [0.5, 0.6) is 0 Å². The summed E-state index contributed by atoms with van der Waals surface area (Å²) in [7, 11) is 0. The average molecular weight is 1410 g/mol. The van der Waals surface area contributed by atoms with Crippen molar-refractivity contribution >= 4 is 95.4 Å². The van der Waals surface area contributed by atoms with Crippen molar-refractivity contribution in [1.29, 1.82) is 0 Å². The summed E-state index contributed by atoms with van der Waals surface area (Å²) in [5.41, 5.74) is 0.791. The van der Waals surface area contributed by atoms with Crippen molar-refractivity contribution in [3.63, 3.8) is 0 Å². The van der Waals surface area contributed by atoms with E-state index in [4.69, 9.17) is 71.1 Å². The minimum Gasteiger partial charge on any atom is -0.459 e. The van der Waals surface area contributed by atoms with Gasteiger partial charge < -0.3 is 76.4 Å². The van der Waals surface area contributed by atoms with E-state index < -0.39 is 193 Å². The first-order chi connectivity index (χ1) is 46.3. The zero-order valence-electron chi connectivity index (χ0n) is 58.3. The van der Waals surface area contributed by atoms with Crippen LogP contribution in [0, 0.1) is 11.8 Å². The molecule has 1 aromatic rings. The van der Waals surface area contributed by atoms with Crippen molar-refractivity contribution in [3.8, 4) is 0 Å². The lowest BCUT2D eigenvalue weighted by atomic mass is 9.89. The molecule has 17 atom stereocenters. The van der Waals surface area contributed by atoms with Crippen LogP contribution in [0.1, 0.15) is 155 Å². The molecular formula is C67H91NO31. The highest BCUT2D eigenvalue weighted by atomic mass is 16.7. The van der Waals surface area contributed by atoms with E-state index in [1.165, 1.54) is 39.8 Å². The number of carbonyl (C=O) groups excluding carboxylic acids is 16. The zero-order valence-corrected chi connectivity index (χ0v) is 58.3. The minimum atomic E-state index is -1.75. The second kappa shape index (κ2) is 42.8. The van der Waals surface area contributed by atoms with E-state index in [0.717, 1.165) is 81.7 Å². The fourth-order valence-corrected chi connectivity index (χ4v) is 8.85. The summed E-state index contributed by atoms with van der Waals surface area (Å²) in [5.74, 6) is -18.6. The number of carbonyl (C=O) groups is 16. The van der Waals surface area contributed by atoms with Gasteiger partial charge in [-0.3, -0.25) is 19.2 Å². The molecule has 0 heterocycles. The summed E-state index contributed by atoms with van der Waals surface area (Å²) in [6, 6.07) is 8.93. The van der Waals surface area contributed by atoms with E-state index in [9.17, 15) is 76.7 Å². The summed E-state index contributed by atoms with van der Waals surface area (Å²) in [6.07, 6.45) is -15.4. The van der Waals surface area contributed by atoms with Gasteiger partial charge in [0, 0.05) is 52.0 Å². The zero-order chi connectivity index (χ0) is 75.0. The van der Waals surface area contributed by atoms with Crippen LogP contribution in [0.4, 0.5) is 0 Å². The van der Waals surface area contributed by atoms with Crippen LogP contribution >= 0.6 is 0 Å². The second-order valence-electron chi connectivity index (χ2n) is 22.8. The second-order valence-corrected chi connectivity index (χ2v) is 22.8. The molecule has 1 aliphatic carbocycles. The fraction of sp³-hybridized carbons (Fsp3) is 0.612. The van der Waals surface area contributed by atoms with Crippen molar-refractivity contribution < 1.29 is 148 Å². The molecule has 550 valence electrons. The molecule has 0 aromatic heterocycles. The maximum Gasteiger partial charge on any atom is 0.347 e. The van der Waals surface area contributed by atoms with Crippen LogP contribution in [-0.4, -0.2) is 194 Å². The van der Waals surface area contributed by atoms with Gasteiger partial charge in [0.15, 0.2) is 73.2 Å². The Balaban J connectivity index is 2.65. The molecule has 1 amide bonds. The maximum absolute atomic E-state index is 14.2. The molecule has 0 saturated heterocycles. The van der Waals surface area contributed by atoms with Crippen molar-refractivity contribution in [3.05, 3.63) is 60.2 Å². The number of hydrogen-bond donors (Lipinski definition) is 1. The lowest BCUT2D eigenvalue weighted by molar-refractivity contribution is -0.186. The largest absolute Gasteiger partial charge is 0.459 e. The molecule has 32 heteroatoms. The Labute approximate surface area is 572 Å². The quantitative estimate of drug-likeness (QED) is 0.0420. The van der Waals surface area contributed by atoms with Gasteiger partial charge in [-0.25, -0.2) is 57.5 Å². The number of aryl methyl sites for hydroxylation is 1. The van der Waals surface area contributed by atoms with Gasteiger partial charge in [-0.05, 0) is 134 Å². The SMILES string of the molecule is CCNC(=O)CCC/C=C\C[C@@H]1[C@@H](/C=C/[C@H](CCc2ccccc2)OC(=O)[C@H](C)OC(=O)[C@H](C)OC(=O)[C@H](C)OC(=O)[C@H](C)OC(C)=O)[C@H](OC(=O)[C@H](C)OC(=O)[C@H](C)OC(=O)[C@H](C)OC(=O)[C@H](C)OC(C)=O)C[C@@H]1OC(=O)[C@H](C)OC(=O)[C@H](C)OC(=O)[C@H](C)OC(=O)[C@H](C)OC(C)=O. The van der Waals surface area contributed by atoms with Crippen LogP contribution in [0.15, 0.2) is 54.6 Å². The Hall–Kier alpha value is -9.78. The molecule has 1 aromatic carbocycles. The molecule has 0 spiro atoms. The van der Waals surface area contributed by atoms with Crippen LogP contribution in [-0.2, 0) is 154 Å². The van der Waals surface area contributed by atoms with Crippen LogP contribution in [0.25, 0.3) is 0 Å². The van der Waals surface area contributed by atoms with E-state index in [0.29, 0.717) is 19.4 Å². The molecule has 2 rings (SSSR count). The van der Waals surface area contributed by atoms with Gasteiger partial charge in [0.25, 0.3) is 0 Å². The predicted octanol–water partition coefficient (Wildman–Crippen LogP) is 4.04. The highest BCUT2D eigenvalue weighted by Gasteiger charge is 2.47. The molecule has 32 nitrogen and oxygen atoms in total. The summed E-state index contributed by atoms with van der Waals surface area (Å²) >= 11 is 0. The molecule has 0 aliphatic heterocycles. The maximum atomic E-state index is 14.2. The van der Waals surface area contributed by atoms with E-state index in [2.05, 4.69) is 5.32 Å². The highest BCUT2D eigenvalue weighted by Crippen LogP contribution is 2.41. The Morgan fingerprint density at radius 1 is 0.414 bits per heavy atom. The predicted molar refractivity (Wildman–Crippen MR) is 335 cm³/mol. The lowest BCUT2D eigenvalue weighted by Gasteiger charge is -2.26. The van der Waals surface area contributed by atoms with Gasteiger partial charge in [0.2, 0.25) is 5.91 Å².